The zero-order valence-electron chi connectivity index (χ0n) is 13.6. The average Bonchev–Trinajstić information content (AvgIpc) is 2.98. The third-order valence-corrected chi connectivity index (χ3v) is 4.49. The summed E-state index contributed by atoms with van der Waals surface area (Å²) in [5.74, 6) is 0.683. The maximum atomic E-state index is 13.9. The number of benzene rings is 1. The van der Waals surface area contributed by atoms with Crippen LogP contribution in [0.3, 0.4) is 0 Å². The summed E-state index contributed by atoms with van der Waals surface area (Å²) in [7, 11) is 1.36. The number of methoxy groups -OCH3 is 1. The van der Waals surface area contributed by atoms with E-state index in [1.807, 2.05) is 0 Å². The Morgan fingerprint density at radius 1 is 1.42 bits per heavy atom. The first-order chi connectivity index (χ1) is 11.3. The number of ether oxygens (including phenoxy) is 1. The van der Waals surface area contributed by atoms with Crippen molar-refractivity contribution >= 4 is 29.3 Å². The first-order valence-corrected chi connectivity index (χ1v) is 8.70. The van der Waals surface area contributed by atoms with Gasteiger partial charge in [-0.1, -0.05) is 29.4 Å². The van der Waals surface area contributed by atoms with Crippen LogP contribution >= 0.6 is 23.4 Å². The lowest BCUT2D eigenvalue weighted by molar-refractivity contribution is -0.140. The molecular formula is C16H18ClFN2O3S. The first-order valence-electron chi connectivity index (χ1n) is 7.33. The second-order valence-corrected chi connectivity index (χ2v) is 7.02. The van der Waals surface area contributed by atoms with Gasteiger partial charge in [0, 0.05) is 12.2 Å². The van der Waals surface area contributed by atoms with Gasteiger partial charge in [-0.05, 0) is 38.0 Å². The molecule has 0 aliphatic rings. The van der Waals surface area contributed by atoms with Crippen LogP contribution in [0, 0.1) is 0 Å². The number of carbonyl (C=O) groups is 1. The molecule has 5 nitrogen and oxygen atoms in total. The highest BCUT2D eigenvalue weighted by molar-refractivity contribution is 7.99. The zero-order valence-corrected chi connectivity index (χ0v) is 15.2. The number of nitrogens with zero attached hydrogens (tertiary/aromatic N) is 2. The molecule has 1 heterocycles. The smallest absolute Gasteiger partial charge is 0.305 e. The van der Waals surface area contributed by atoms with Crippen molar-refractivity contribution in [3.63, 3.8) is 0 Å². The van der Waals surface area contributed by atoms with Crippen LogP contribution in [0.2, 0.25) is 5.02 Å². The molecule has 0 spiro atoms. The predicted octanol–water partition coefficient (Wildman–Crippen LogP) is 4.64. The number of carbonyl (C=O) groups excluding carboxylic acids is 1. The fraction of sp³-hybridized carbons (Fsp3) is 0.438. The molecule has 130 valence electrons. The van der Waals surface area contributed by atoms with Crippen LogP contribution in [0.15, 0.2) is 27.8 Å². The minimum Gasteiger partial charge on any atom is -0.469 e. The van der Waals surface area contributed by atoms with Gasteiger partial charge in [-0.15, -0.1) is 10.2 Å². The number of thioether (sulfide) groups is 1. The molecule has 0 radical (unpaired) electrons. The molecule has 0 saturated carbocycles. The van der Waals surface area contributed by atoms with Crippen molar-refractivity contribution < 1.29 is 18.3 Å². The molecule has 0 saturated heterocycles. The Bertz CT molecular complexity index is 716. The molecule has 0 N–H and O–H groups in total. The van der Waals surface area contributed by atoms with E-state index in [0.29, 0.717) is 40.0 Å². The molecule has 0 atom stereocenters. The number of hydrogen-bond acceptors (Lipinski definition) is 6. The van der Waals surface area contributed by atoms with Gasteiger partial charge in [-0.2, -0.15) is 0 Å². The van der Waals surface area contributed by atoms with Crippen molar-refractivity contribution in [2.24, 2.45) is 0 Å². The van der Waals surface area contributed by atoms with Gasteiger partial charge >= 0.3 is 5.97 Å². The topological polar surface area (TPSA) is 65.2 Å². The molecule has 8 heteroatoms. The molecular weight excluding hydrogens is 355 g/mol. The Labute approximate surface area is 148 Å². The molecule has 0 amide bonds. The van der Waals surface area contributed by atoms with Gasteiger partial charge < -0.3 is 9.15 Å². The summed E-state index contributed by atoms with van der Waals surface area (Å²) >= 11 is 7.55. The molecule has 1 aromatic heterocycles. The normalized spacial score (nSPS) is 11.5. The molecule has 2 rings (SSSR count). The van der Waals surface area contributed by atoms with Crippen molar-refractivity contribution in [3.8, 4) is 11.5 Å². The molecule has 0 fully saturated rings. The number of aromatic nitrogens is 2. The van der Waals surface area contributed by atoms with E-state index in [1.54, 1.807) is 18.2 Å². The minimum atomic E-state index is -1.47. The van der Waals surface area contributed by atoms with Crippen LogP contribution in [-0.4, -0.2) is 29.0 Å². The van der Waals surface area contributed by atoms with E-state index in [1.165, 1.54) is 32.7 Å². The quantitative estimate of drug-likeness (QED) is 0.400. The predicted molar refractivity (Wildman–Crippen MR) is 90.9 cm³/mol. The summed E-state index contributed by atoms with van der Waals surface area (Å²) in [5.41, 5.74) is -0.441. The van der Waals surface area contributed by atoms with Gasteiger partial charge in [0.2, 0.25) is 5.89 Å². The first kappa shape index (κ1) is 18.7. The minimum absolute atomic E-state index is 0.246. The van der Waals surface area contributed by atoms with Crippen LogP contribution < -0.4 is 0 Å². The van der Waals surface area contributed by atoms with Crippen LogP contribution in [-0.2, 0) is 15.2 Å². The summed E-state index contributed by atoms with van der Waals surface area (Å²) in [6, 6.07) is 4.87. The van der Waals surface area contributed by atoms with Crippen molar-refractivity contribution in [1.29, 1.82) is 0 Å². The highest BCUT2D eigenvalue weighted by atomic mass is 35.5. The molecule has 24 heavy (non-hydrogen) atoms. The molecule has 0 aliphatic carbocycles. The summed E-state index contributed by atoms with van der Waals surface area (Å²) in [6.07, 6.45) is 0.993. The van der Waals surface area contributed by atoms with Crippen LogP contribution in [0.25, 0.3) is 11.5 Å². The number of halogens is 2. The lowest BCUT2D eigenvalue weighted by atomic mass is 9.99. The second kappa shape index (κ2) is 7.98. The third-order valence-electron chi connectivity index (χ3n) is 3.27. The van der Waals surface area contributed by atoms with Gasteiger partial charge in [0.25, 0.3) is 5.22 Å². The highest BCUT2D eigenvalue weighted by Crippen LogP contribution is 2.34. The van der Waals surface area contributed by atoms with Crippen molar-refractivity contribution in [2.45, 2.75) is 37.6 Å². The Morgan fingerprint density at radius 2 is 2.17 bits per heavy atom. The van der Waals surface area contributed by atoms with Gasteiger partial charge in [-0.3, -0.25) is 4.79 Å². The maximum Gasteiger partial charge on any atom is 0.305 e. The Morgan fingerprint density at radius 3 is 2.79 bits per heavy atom. The van der Waals surface area contributed by atoms with Crippen molar-refractivity contribution in [2.75, 3.05) is 12.9 Å². The number of rotatable bonds is 7. The number of esters is 1. The standard InChI is InChI=1S/C16H18ClFN2O3S/c1-16(2,18)10-6-7-11(12(17)9-10)14-19-20-15(23-14)24-8-4-5-13(21)22-3/h6-7,9H,4-5,8H2,1-3H3. The van der Waals surface area contributed by atoms with Gasteiger partial charge in [0.15, 0.2) is 0 Å². The monoisotopic (exact) mass is 372 g/mol. The van der Waals surface area contributed by atoms with E-state index in [2.05, 4.69) is 14.9 Å². The van der Waals surface area contributed by atoms with E-state index in [9.17, 15) is 9.18 Å². The second-order valence-electron chi connectivity index (χ2n) is 5.57. The van der Waals surface area contributed by atoms with Gasteiger partial charge in [0.1, 0.15) is 5.67 Å². The van der Waals surface area contributed by atoms with Crippen molar-refractivity contribution in [1.82, 2.24) is 10.2 Å². The van der Waals surface area contributed by atoms with Crippen molar-refractivity contribution in [3.05, 3.63) is 28.8 Å². The van der Waals surface area contributed by atoms with E-state index in [4.69, 9.17) is 16.0 Å². The van der Waals surface area contributed by atoms with E-state index < -0.39 is 5.67 Å². The van der Waals surface area contributed by atoms with Crippen LogP contribution in [0.1, 0.15) is 32.3 Å². The fourth-order valence-corrected chi connectivity index (χ4v) is 2.87. The number of alkyl halides is 1. The van der Waals surface area contributed by atoms with E-state index in [-0.39, 0.29) is 11.9 Å². The van der Waals surface area contributed by atoms with Crippen LogP contribution in [0.4, 0.5) is 4.39 Å². The van der Waals surface area contributed by atoms with Gasteiger partial charge in [0.05, 0.1) is 17.7 Å². The van der Waals surface area contributed by atoms with Gasteiger partial charge in [-0.25, -0.2) is 4.39 Å². The lowest BCUT2D eigenvalue weighted by Gasteiger charge is -2.15. The zero-order chi connectivity index (χ0) is 17.7. The maximum absolute atomic E-state index is 13.9. The summed E-state index contributed by atoms with van der Waals surface area (Å²) in [4.78, 5) is 11.0. The largest absolute Gasteiger partial charge is 0.469 e. The summed E-state index contributed by atoms with van der Waals surface area (Å²) < 4.78 is 24.1. The molecule has 2 aromatic rings. The summed E-state index contributed by atoms with van der Waals surface area (Å²) in [5, 5.41) is 8.64. The van der Waals surface area contributed by atoms with Crippen LogP contribution in [0.5, 0.6) is 0 Å². The average molecular weight is 373 g/mol. The SMILES string of the molecule is COC(=O)CCCSc1nnc(-c2ccc(C(C)(C)F)cc2Cl)o1. The molecule has 0 aliphatic heterocycles. The summed E-state index contributed by atoms with van der Waals surface area (Å²) in [6.45, 7) is 2.93. The fourth-order valence-electron chi connectivity index (χ4n) is 1.91. The van der Waals surface area contributed by atoms with E-state index in [0.717, 1.165) is 0 Å². The lowest BCUT2D eigenvalue weighted by Crippen LogP contribution is -2.08. The van der Waals surface area contributed by atoms with E-state index >= 15 is 0 Å². The Hall–Kier alpha value is -1.60. The molecule has 0 bridgehead atoms. The number of hydrogen-bond donors (Lipinski definition) is 0. The molecule has 1 aromatic carbocycles. The Balaban J connectivity index is 2.01. The third kappa shape index (κ3) is 4.95. The highest BCUT2D eigenvalue weighted by Gasteiger charge is 2.21. The Kier molecular flexibility index (Phi) is 6.23. The molecule has 0 unspecified atom stereocenters.